The Morgan fingerprint density at radius 1 is 0.827 bits per heavy atom. The number of fused-ring (bicyclic) bond motifs is 1. The van der Waals surface area contributed by atoms with Crippen LogP contribution in [0.25, 0.3) is 10.9 Å². The van der Waals surface area contributed by atoms with E-state index >= 15 is 0 Å². The number of esters is 1. The number of methoxy groups -OCH3 is 1. The molecule has 0 aliphatic heterocycles. The standard InChI is InChI=1S/C42H41ClN2O5S2/c1-29-11-10-12-30(2)41(29)51-28-52(47,48)44-25-23-39-36(24-26-50-35-20-17-33(18-21-35)42(46)49-3)37-27-34(43)19-22-38(37)45(39)40(31-13-6-4-7-14-31)32-15-8-5-9-16-32/h4-22,27,40,44H,23-26,28H2,1-3H3. The molecule has 10 heteroatoms. The smallest absolute Gasteiger partial charge is 0.337 e. The Kier molecular flexibility index (Phi) is 12.1. The molecule has 0 bridgehead atoms. The van der Waals surface area contributed by atoms with Crippen LogP contribution < -0.4 is 9.46 Å². The SMILES string of the molecule is COC(=O)c1ccc(OCCc2c(CCNS(=O)(=O)CSc3c(C)cccc3C)n(C(c3ccccc3)c3ccccc3)c3ccc(Cl)cc23)cc1. The van der Waals surface area contributed by atoms with Gasteiger partial charge in [-0.3, -0.25) is 0 Å². The number of sulfonamides is 1. The third-order valence-electron chi connectivity index (χ3n) is 9.02. The highest BCUT2D eigenvalue weighted by molar-refractivity contribution is 8.11. The van der Waals surface area contributed by atoms with Gasteiger partial charge >= 0.3 is 5.97 Å². The van der Waals surface area contributed by atoms with Gasteiger partial charge in [-0.05, 0) is 84.1 Å². The molecule has 52 heavy (non-hydrogen) atoms. The summed E-state index contributed by atoms with van der Waals surface area (Å²) >= 11 is 7.99. The van der Waals surface area contributed by atoms with Gasteiger partial charge in [0.1, 0.15) is 10.8 Å². The highest BCUT2D eigenvalue weighted by Crippen LogP contribution is 2.38. The lowest BCUT2D eigenvalue weighted by atomic mass is 9.97. The number of carbonyl (C=O) groups excluding carboxylic acids is 1. The number of thioether (sulfide) groups is 1. The van der Waals surface area contributed by atoms with E-state index in [4.69, 9.17) is 21.1 Å². The van der Waals surface area contributed by atoms with Crippen molar-refractivity contribution in [3.05, 3.63) is 165 Å². The number of ether oxygens (including phenoxy) is 2. The number of nitrogens with one attached hydrogen (secondary N) is 1. The molecule has 6 aromatic rings. The molecule has 0 radical (unpaired) electrons. The fourth-order valence-electron chi connectivity index (χ4n) is 6.62. The third kappa shape index (κ3) is 8.73. The average molecular weight is 753 g/mol. The van der Waals surface area contributed by atoms with Gasteiger partial charge < -0.3 is 14.0 Å². The molecule has 0 aliphatic carbocycles. The first kappa shape index (κ1) is 37.2. The number of rotatable bonds is 15. The maximum atomic E-state index is 13.4. The summed E-state index contributed by atoms with van der Waals surface area (Å²) in [5, 5.41) is 1.51. The predicted octanol–water partition coefficient (Wildman–Crippen LogP) is 9.17. The Morgan fingerprint density at radius 2 is 1.46 bits per heavy atom. The van der Waals surface area contributed by atoms with Gasteiger partial charge in [0.15, 0.2) is 0 Å². The van der Waals surface area contributed by atoms with Crippen LogP contribution in [0.1, 0.15) is 49.9 Å². The number of aromatic nitrogens is 1. The van der Waals surface area contributed by atoms with Crippen molar-refractivity contribution in [2.75, 3.05) is 25.3 Å². The Morgan fingerprint density at radius 3 is 2.08 bits per heavy atom. The van der Waals surface area contributed by atoms with E-state index in [9.17, 15) is 13.2 Å². The van der Waals surface area contributed by atoms with Crippen molar-refractivity contribution in [3.8, 4) is 5.75 Å². The van der Waals surface area contributed by atoms with Crippen LogP contribution >= 0.6 is 23.4 Å². The van der Waals surface area contributed by atoms with Crippen LogP contribution in [0.2, 0.25) is 5.02 Å². The fourth-order valence-corrected chi connectivity index (χ4v) is 9.22. The van der Waals surface area contributed by atoms with Crippen LogP contribution in [-0.2, 0) is 27.6 Å². The number of halogens is 1. The highest BCUT2D eigenvalue weighted by Gasteiger charge is 2.26. The quantitative estimate of drug-likeness (QED) is 0.0832. The molecular formula is C42H41ClN2O5S2. The van der Waals surface area contributed by atoms with Crippen molar-refractivity contribution in [1.82, 2.24) is 9.29 Å². The minimum atomic E-state index is -3.61. The van der Waals surface area contributed by atoms with Gasteiger partial charge in [0, 0.05) is 45.9 Å². The van der Waals surface area contributed by atoms with E-state index in [1.165, 1.54) is 18.9 Å². The normalized spacial score (nSPS) is 11.6. The Hall–Kier alpha value is -4.54. The van der Waals surface area contributed by atoms with Gasteiger partial charge in [-0.15, -0.1) is 11.8 Å². The molecule has 0 spiro atoms. The lowest BCUT2D eigenvalue weighted by Gasteiger charge is -2.25. The van der Waals surface area contributed by atoms with Gasteiger partial charge in [0.25, 0.3) is 0 Å². The van der Waals surface area contributed by atoms with Crippen molar-refractivity contribution < 1.29 is 22.7 Å². The van der Waals surface area contributed by atoms with Crippen LogP contribution in [-0.4, -0.2) is 44.3 Å². The molecule has 1 heterocycles. The molecule has 0 saturated heterocycles. The van der Waals surface area contributed by atoms with Crippen LogP contribution in [0.3, 0.4) is 0 Å². The molecule has 5 aromatic carbocycles. The number of benzene rings is 5. The Bertz CT molecular complexity index is 2200. The van der Waals surface area contributed by atoms with Gasteiger partial charge in [-0.25, -0.2) is 17.9 Å². The largest absolute Gasteiger partial charge is 0.493 e. The monoisotopic (exact) mass is 752 g/mol. The number of carbonyl (C=O) groups is 1. The van der Waals surface area contributed by atoms with Crippen LogP contribution in [0.5, 0.6) is 5.75 Å². The summed E-state index contributed by atoms with van der Waals surface area (Å²) < 4.78 is 43.0. The Labute approximate surface area is 315 Å². The van der Waals surface area contributed by atoms with Crippen molar-refractivity contribution in [2.45, 2.75) is 37.6 Å². The number of hydrogen-bond acceptors (Lipinski definition) is 6. The molecule has 0 unspecified atom stereocenters. The molecule has 0 fully saturated rings. The van der Waals surface area contributed by atoms with E-state index in [2.05, 4.69) is 33.6 Å². The summed E-state index contributed by atoms with van der Waals surface area (Å²) in [7, 11) is -2.26. The number of nitrogens with zero attached hydrogens (tertiary/aromatic N) is 1. The Balaban J connectivity index is 1.36. The summed E-state index contributed by atoms with van der Waals surface area (Å²) in [5.41, 5.74) is 7.77. The minimum absolute atomic E-state index is 0.0800. The molecule has 1 aromatic heterocycles. The van der Waals surface area contributed by atoms with Gasteiger partial charge in [0.05, 0.1) is 25.3 Å². The van der Waals surface area contributed by atoms with Gasteiger partial charge in [-0.2, -0.15) is 0 Å². The van der Waals surface area contributed by atoms with Crippen molar-refractivity contribution >= 4 is 50.3 Å². The van der Waals surface area contributed by atoms with Crippen molar-refractivity contribution in [2.24, 2.45) is 0 Å². The molecule has 0 aliphatic rings. The van der Waals surface area contributed by atoms with Gasteiger partial charge in [0.2, 0.25) is 10.0 Å². The summed E-state index contributed by atoms with van der Waals surface area (Å²) in [6.07, 6.45) is 0.961. The number of hydrogen-bond donors (Lipinski definition) is 1. The first-order chi connectivity index (χ1) is 25.1. The van der Waals surface area contributed by atoms with E-state index in [0.29, 0.717) is 35.8 Å². The van der Waals surface area contributed by atoms with E-state index in [1.807, 2.05) is 86.6 Å². The second-order valence-electron chi connectivity index (χ2n) is 12.5. The van der Waals surface area contributed by atoms with Crippen molar-refractivity contribution in [1.29, 1.82) is 0 Å². The van der Waals surface area contributed by atoms with E-state index < -0.39 is 16.0 Å². The molecule has 0 atom stereocenters. The van der Waals surface area contributed by atoms with Crippen molar-refractivity contribution in [3.63, 3.8) is 0 Å². The molecule has 6 rings (SSSR count). The second-order valence-corrected chi connectivity index (χ2v) is 16.1. The van der Waals surface area contributed by atoms with E-state index in [-0.39, 0.29) is 17.7 Å². The van der Waals surface area contributed by atoms with Crippen LogP contribution in [0.4, 0.5) is 0 Å². The van der Waals surface area contributed by atoms with Crippen LogP contribution in [0, 0.1) is 13.8 Å². The predicted molar refractivity (Wildman–Crippen MR) is 211 cm³/mol. The van der Waals surface area contributed by atoms with Crippen LogP contribution in [0.15, 0.2) is 126 Å². The second kappa shape index (κ2) is 16.9. The maximum absolute atomic E-state index is 13.4. The van der Waals surface area contributed by atoms with E-state index in [1.54, 1.807) is 24.3 Å². The molecule has 1 N–H and O–H groups in total. The van der Waals surface area contributed by atoms with Gasteiger partial charge in [-0.1, -0.05) is 90.5 Å². The molecule has 268 valence electrons. The lowest BCUT2D eigenvalue weighted by Crippen LogP contribution is -2.28. The summed E-state index contributed by atoms with van der Waals surface area (Å²) in [6, 6.07) is 39.2. The highest BCUT2D eigenvalue weighted by atomic mass is 35.5. The molecule has 7 nitrogen and oxygen atoms in total. The first-order valence-electron chi connectivity index (χ1n) is 17.0. The first-order valence-corrected chi connectivity index (χ1v) is 20.1. The zero-order valence-corrected chi connectivity index (χ0v) is 31.7. The fraction of sp³-hybridized carbons (Fsp3) is 0.214. The minimum Gasteiger partial charge on any atom is -0.493 e. The topological polar surface area (TPSA) is 86.6 Å². The zero-order chi connectivity index (χ0) is 36.7. The summed E-state index contributed by atoms with van der Waals surface area (Å²) in [6.45, 7) is 4.55. The lowest BCUT2D eigenvalue weighted by molar-refractivity contribution is 0.0600. The molecule has 0 amide bonds. The number of aryl methyl sites for hydroxylation is 2. The average Bonchev–Trinajstić information content (AvgIpc) is 3.43. The van der Waals surface area contributed by atoms with E-state index in [0.717, 1.165) is 49.3 Å². The molecule has 0 saturated carbocycles. The summed E-state index contributed by atoms with van der Waals surface area (Å²) in [5.74, 6) is 0.211. The maximum Gasteiger partial charge on any atom is 0.337 e. The summed E-state index contributed by atoms with van der Waals surface area (Å²) in [4.78, 5) is 12.9. The molecular weight excluding hydrogens is 712 g/mol. The third-order valence-corrected chi connectivity index (χ3v) is 12.5. The zero-order valence-electron chi connectivity index (χ0n) is 29.3.